The first kappa shape index (κ1) is 9.16. The highest BCUT2D eigenvalue weighted by Gasteiger charge is 1.90. The lowest BCUT2D eigenvalue weighted by molar-refractivity contribution is 0.234. The van der Waals surface area contributed by atoms with Gasteiger partial charge in [-0.1, -0.05) is 6.08 Å². The van der Waals surface area contributed by atoms with E-state index in [-0.39, 0.29) is 5.28 Å². The van der Waals surface area contributed by atoms with Crippen molar-refractivity contribution in [3.63, 3.8) is 0 Å². The van der Waals surface area contributed by atoms with Crippen molar-refractivity contribution < 1.29 is 4.74 Å². The fourth-order valence-corrected chi connectivity index (χ4v) is 0.860. The molecule has 0 aliphatic carbocycles. The van der Waals surface area contributed by atoms with E-state index in [0.29, 0.717) is 6.61 Å². The Morgan fingerprint density at radius 1 is 1.67 bits per heavy atom. The Morgan fingerprint density at radius 3 is 3.17 bits per heavy atom. The maximum absolute atomic E-state index is 5.57. The number of hydrogen-bond donors (Lipinski definition) is 0. The van der Waals surface area contributed by atoms with E-state index in [1.165, 1.54) is 0 Å². The van der Waals surface area contributed by atoms with Gasteiger partial charge in [0.2, 0.25) is 5.28 Å². The largest absolute Gasteiger partial charge is 0.381 e. The van der Waals surface area contributed by atoms with Crippen molar-refractivity contribution in [1.29, 1.82) is 0 Å². The summed E-state index contributed by atoms with van der Waals surface area (Å²) in [6, 6.07) is 1.78. The molecule has 0 bridgehead atoms. The summed E-state index contributed by atoms with van der Waals surface area (Å²) in [5.74, 6) is 0. The molecule has 0 amide bonds. The summed E-state index contributed by atoms with van der Waals surface area (Å²) >= 11 is 5.57. The summed E-state index contributed by atoms with van der Waals surface area (Å²) in [7, 11) is 1.64. The molecule has 3 nitrogen and oxygen atoms in total. The Bertz CT molecular complexity index is 276. The van der Waals surface area contributed by atoms with Crippen LogP contribution < -0.4 is 0 Å². The van der Waals surface area contributed by atoms with Crippen LogP contribution in [0.4, 0.5) is 0 Å². The van der Waals surface area contributed by atoms with Crippen LogP contribution in [0.3, 0.4) is 0 Å². The third-order valence-electron chi connectivity index (χ3n) is 1.20. The van der Waals surface area contributed by atoms with Crippen molar-refractivity contribution >= 4 is 17.7 Å². The molecule has 1 heterocycles. The molecule has 0 N–H and O–H groups in total. The fourth-order valence-electron chi connectivity index (χ4n) is 0.706. The predicted octanol–water partition coefficient (Wildman–Crippen LogP) is 1.79. The van der Waals surface area contributed by atoms with E-state index in [2.05, 4.69) is 9.97 Å². The highest BCUT2D eigenvalue weighted by molar-refractivity contribution is 6.28. The van der Waals surface area contributed by atoms with Crippen LogP contribution in [-0.4, -0.2) is 23.7 Å². The fraction of sp³-hybridized carbons (Fsp3) is 0.250. The zero-order valence-corrected chi connectivity index (χ0v) is 7.45. The van der Waals surface area contributed by atoms with Crippen molar-refractivity contribution in [1.82, 2.24) is 9.97 Å². The number of methoxy groups -OCH3 is 1. The number of nitrogens with zero attached hydrogens (tertiary/aromatic N) is 2. The molecule has 4 heteroatoms. The normalized spacial score (nSPS) is 10.8. The lowest BCUT2D eigenvalue weighted by Gasteiger charge is -1.92. The lowest BCUT2D eigenvalue weighted by Crippen LogP contribution is -1.85. The lowest BCUT2D eigenvalue weighted by atomic mass is 10.4. The van der Waals surface area contributed by atoms with E-state index in [9.17, 15) is 0 Å². The van der Waals surface area contributed by atoms with Crippen LogP contribution in [0.25, 0.3) is 6.08 Å². The molecule has 0 radical (unpaired) electrons. The Kier molecular flexibility index (Phi) is 3.70. The van der Waals surface area contributed by atoms with Crippen LogP contribution in [0, 0.1) is 0 Å². The van der Waals surface area contributed by atoms with E-state index >= 15 is 0 Å². The molecule has 0 aromatic carbocycles. The monoisotopic (exact) mass is 184 g/mol. The van der Waals surface area contributed by atoms with Crippen molar-refractivity contribution in [2.45, 2.75) is 0 Å². The van der Waals surface area contributed by atoms with Crippen LogP contribution >= 0.6 is 11.6 Å². The Morgan fingerprint density at radius 2 is 2.50 bits per heavy atom. The summed E-state index contributed by atoms with van der Waals surface area (Å²) in [5, 5.41) is 0.259. The second-order valence-corrected chi connectivity index (χ2v) is 2.45. The SMILES string of the molecule is COC/C=C/c1ccnc(Cl)n1. The van der Waals surface area contributed by atoms with Crippen LogP contribution in [0.15, 0.2) is 18.3 Å². The highest BCUT2D eigenvalue weighted by Crippen LogP contribution is 2.02. The molecular formula is C8H9ClN2O. The van der Waals surface area contributed by atoms with Crippen molar-refractivity contribution in [2.75, 3.05) is 13.7 Å². The second kappa shape index (κ2) is 4.85. The molecule has 1 aromatic heterocycles. The first-order chi connectivity index (χ1) is 5.83. The Balaban J connectivity index is 2.63. The van der Waals surface area contributed by atoms with Gasteiger partial charge >= 0.3 is 0 Å². The van der Waals surface area contributed by atoms with E-state index in [1.54, 1.807) is 19.4 Å². The standard InChI is InChI=1S/C8H9ClN2O/c1-12-6-2-3-7-4-5-10-8(9)11-7/h2-5H,6H2,1H3/b3-2+. The zero-order chi connectivity index (χ0) is 8.81. The molecule has 0 saturated carbocycles. The highest BCUT2D eigenvalue weighted by atomic mass is 35.5. The predicted molar refractivity (Wildman–Crippen MR) is 48.0 cm³/mol. The van der Waals surface area contributed by atoms with Gasteiger partial charge < -0.3 is 4.74 Å². The quantitative estimate of drug-likeness (QED) is 0.672. The smallest absolute Gasteiger partial charge is 0.222 e. The minimum atomic E-state index is 0.259. The summed E-state index contributed by atoms with van der Waals surface area (Å²) in [6.07, 6.45) is 5.30. The number of hydrogen-bond acceptors (Lipinski definition) is 3. The zero-order valence-electron chi connectivity index (χ0n) is 6.70. The first-order valence-corrected chi connectivity index (χ1v) is 3.85. The topological polar surface area (TPSA) is 35.0 Å². The maximum Gasteiger partial charge on any atom is 0.222 e. The second-order valence-electron chi connectivity index (χ2n) is 2.11. The van der Waals surface area contributed by atoms with Crippen molar-refractivity contribution in [2.24, 2.45) is 0 Å². The van der Waals surface area contributed by atoms with Gasteiger partial charge in [0.05, 0.1) is 12.3 Å². The van der Waals surface area contributed by atoms with Crippen LogP contribution in [0.1, 0.15) is 5.69 Å². The average Bonchev–Trinajstić information content (AvgIpc) is 2.05. The molecule has 64 valence electrons. The van der Waals surface area contributed by atoms with Crippen LogP contribution in [0.2, 0.25) is 5.28 Å². The van der Waals surface area contributed by atoms with Crippen molar-refractivity contribution in [3.8, 4) is 0 Å². The molecule has 0 saturated heterocycles. The minimum Gasteiger partial charge on any atom is -0.381 e. The molecule has 0 atom stereocenters. The van der Waals surface area contributed by atoms with Gasteiger partial charge in [0, 0.05) is 13.3 Å². The summed E-state index contributed by atoms with van der Waals surface area (Å²) in [6.45, 7) is 0.571. The van der Waals surface area contributed by atoms with Gasteiger partial charge in [-0.25, -0.2) is 9.97 Å². The molecule has 1 aromatic rings. The molecular weight excluding hydrogens is 176 g/mol. The molecule has 0 aliphatic heterocycles. The van der Waals surface area contributed by atoms with Gasteiger partial charge in [0.25, 0.3) is 0 Å². The van der Waals surface area contributed by atoms with Crippen LogP contribution in [0.5, 0.6) is 0 Å². The summed E-state index contributed by atoms with van der Waals surface area (Å²) in [4.78, 5) is 7.71. The third-order valence-corrected chi connectivity index (χ3v) is 1.38. The van der Waals surface area contributed by atoms with Crippen LogP contribution in [-0.2, 0) is 4.74 Å². The van der Waals surface area contributed by atoms with E-state index < -0.39 is 0 Å². The van der Waals surface area contributed by atoms with Gasteiger partial charge in [-0.15, -0.1) is 0 Å². The average molecular weight is 185 g/mol. The van der Waals surface area contributed by atoms with Gasteiger partial charge in [-0.3, -0.25) is 0 Å². The molecule has 1 rings (SSSR count). The molecule has 0 spiro atoms. The number of ether oxygens (including phenoxy) is 1. The maximum atomic E-state index is 5.57. The third kappa shape index (κ3) is 2.98. The minimum absolute atomic E-state index is 0.259. The van der Waals surface area contributed by atoms with E-state index in [4.69, 9.17) is 16.3 Å². The summed E-state index contributed by atoms with van der Waals surface area (Å²) < 4.78 is 4.83. The Labute approximate surface area is 76.1 Å². The summed E-state index contributed by atoms with van der Waals surface area (Å²) in [5.41, 5.74) is 0.784. The molecule has 12 heavy (non-hydrogen) atoms. The van der Waals surface area contributed by atoms with Gasteiger partial charge in [0.1, 0.15) is 0 Å². The van der Waals surface area contributed by atoms with Gasteiger partial charge in [0.15, 0.2) is 0 Å². The number of rotatable bonds is 3. The first-order valence-electron chi connectivity index (χ1n) is 3.47. The molecule has 0 fully saturated rings. The van der Waals surface area contributed by atoms with E-state index in [0.717, 1.165) is 5.69 Å². The van der Waals surface area contributed by atoms with Gasteiger partial charge in [-0.2, -0.15) is 0 Å². The Hall–Kier alpha value is -0.930. The van der Waals surface area contributed by atoms with Crippen molar-refractivity contribution in [3.05, 3.63) is 29.3 Å². The number of aromatic nitrogens is 2. The van der Waals surface area contributed by atoms with E-state index in [1.807, 2.05) is 12.2 Å². The molecule has 0 aliphatic rings. The van der Waals surface area contributed by atoms with Gasteiger partial charge in [-0.05, 0) is 23.7 Å². The molecule has 0 unspecified atom stereocenters. The number of halogens is 1.